The van der Waals surface area contributed by atoms with E-state index in [4.69, 9.17) is 9.73 Å². The summed E-state index contributed by atoms with van der Waals surface area (Å²) in [5.74, 6) is 1.30. The molecule has 2 aliphatic heterocycles. The minimum Gasteiger partial charge on any atom is -0.377 e. The molecule has 4 atom stereocenters. The molecule has 29 heavy (non-hydrogen) atoms. The standard InChI is InChI=1S/C22H33FN4O.HI/c1-4-24-21(26-19-18-10-12-28-20(18)22(19,2)3)25-16-8-6-11-27(14-16)17-9-5-7-15(23)13-17;/h5,7,9,13,16,18-20H,4,6,8,10-12,14H2,1-3H3,(H2,24,25,26);1H. The SMILES string of the molecule is CCN=C(NC1CCCN(c2cccc(F)c2)C1)NC1C2CCOC2C1(C)C.I. The molecule has 0 bridgehead atoms. The number of ether oxygens (including phenoxy) is 1. The molecule has 2 saturated heterocycles. The van der Waals surface area contributed by atoms with Crippen LogP contribution in [0.4, 0.5) is 10.1 Å². The number of aliphatic imine (C=N–C) groups is 1. The average molecular weight is 516 g/mol. The number of rotatable bonds is 4. The molecule has 4 rings (SSSR count). The molecule has 0 aromatic heterocycles. The molecule has 1 aromatic rings. The van der Waals surface area contributed by atoms with Crippen LogP contribution in [0.5, 0.6) is 0 Å². The highest BCUT2D eigenvalue weighted by Crippen LogP contribution is 2.52. The zero-order valence-electron chi connectivity index (χ0n) is 17.7. The van der Waals surface area contributed by atoms with Crippen molar-refractivity contribution in [3.63, 3.8) is 0 Å². The predicted molar refractivity (Wildman–Crippen MR) is 127 cm³/mol. The maximum atomic E-state index is 13.6. The first-order chi connectivity index (χ1) is 13.5. The van der Waals surface area contributed by atoms with E-state index in [9.17, 15) is 4.39 Å². The molecule has 5 nitrogen and oxygen atoms in total. The van der Waals surface area contributed by atoms with Crippen molar-refractivity contribution in [1.82, 2.24) is 10.6 Å². The summed E-state index contributed by atoms with van der Waals surface area (Å²) in [4.78, 5) is 6.97. The summed E-state index contributed by atoms with van der Waals surface area (Å²) < 4.78 is 19.5. The van der Waals surface area contributed by atoms with Crippen LogP contribution in [0.3, 0.4) is 0 Å². The largest absolute Gasteiger partial charge is 0.377 e. The normalized spacial score (nSPS) is 30.8. The van der Waals surface area contributed by atoms with Gasteiger partial charge in [0.15, 0.2) is 5.96 Å². The van der Waals surface area contributed by atoms with Crippen LogP contribution in [-0.4, -0.2) is 50.4 Å². The molecule has 1 saturated carbocycles. The minimum absolute atomic E-state index is 0. The van der Waals surface area contributed by atoms with Gasteiger partial charge >= 0.3 is 0 Å². The van der Waals surface area contributed by atoms with Crippen molar-refractivity contribution in [3.8, 4) is 0 Å². The fourth-order valence-electron chi connectivity index (χ4n) is 5.25. The highest BCUT2D eigenvalue weighted by molar-refractivity contribution is 14.0. The summed E-state index contributed by atoms with van der Waals surface area (Å²) in [6, 6.07) is 7.58. The maximum absolute atomic E-state index is 13.6. The minimum atomic E-state index is -0.178. The van der Waals surface area contributed by atoms with E-state index in [1.54, 1.807) is 12.1 Å². The van der Waals surface area contributed by atoms with Crippen LogP contribution in [0.2, 0.25) is 0 Å². The second-order valence-corrected chi connectivity index (χ2v) is 8.92. The molecular weight excluding hydrogens is 482 g/mol. The number of hydrogen-bond acceptors (Lipinski definition) is 3. The van der Waals surface area contributed by atoms with E-state index in [0.717, 1.165) is 57.2 Å². The number of piperidine rings is 1. The van der Waals surface area contributed by atoms with E-state index in [0.29, 0.717) is 24.1 Å². The van der Waals surface area contributed by atoms with Gasteiger partial charge in [-0.05, 0) is 44.4 Å². The second kappa shape index (κ2) is 9.37. The summed E-state index contributed by atoms with van der Waals surface area (Å²) in [5, 5.41) is 7.36. The summed E-state index contributed by atoms with van der Waals surface area (Å²) in [6.07, 6.45) is 3.67. The zero-order chi connectivity index (χ0) is 19.7. The van der Waals surface area contributed by atoms with Gasteiger partial charge in [0.2, 0.25) is 0 Å². The highest BCUT2D eigenvalue weighted by Gasteiger charge is 2.59. The van der Waals surface area contributed by atoms with Crippen LogP contribution in [0.1, 0.15) is 40.0 Å². The fourth-order valence-corrected chi connectivity index (χ4v) is 5.25. The Morgan fingerprint density at radius 2 is 2.14 bits per heavy atom. The summed E-state index contributed by atoms with van der Waals surface area (Å²) >= 11 is 0. The van der Waals surface area contributed by atoms with E-state index in [1.165, 1.54) is 6.07 Å². The summed E-state index contributed by atoms with van der Waals surface area (Å²) in [6.45, 7) is 10.1. The fraction of sp³-hybridized carbons (Fsp3) is 0.682. The Morgan fingerprint density at radius 3 is 2.90 bits per heavy atom. The van der Waals surface area contributed by atoms with Gasteiger partial charge in [0.05, 0.1) is 6.10 Å². The average Bonchev–Trinajstić information content (AvgIpc) is 3.14. The molecule has 1 aromatic carbocycles. The van der Waals surface area contributed by atoms with Gasteiger partial charge in [-0.1, -0.05) is 19.9 Å². The van der Waals surface area contributed by atoms with Crippen LogP contribution in [0, 0.1) is 17.2 Å². The smallest absolute Gasteiger partial charge is 0.191 e. The number of guanidine groups is 1. The number of anilines is 1. The molecule has 3 aliphatic rings. The first-order valence-corrected chi connectivity index (χ1v) is 10.7. The van der Waals surface area contributed by atoms with Gasteiger partial charge < -0.3 is 20.3 Å². The van der Waals surface area contributed by atoms with Crippen molar-refractivity contribution < 1.29 is 9.13 Å². The second-order valence-electron chi connectivity index (χ2n) is 8.92. The van der Waals surface area contributed by atoms with Crippen LogP contribution in [0.15, 0.2) is 29.3 Å². The first kappa shape index (κ1) is 22.6. The van der Waals surface area contributed by atoms with Crippen molar-refractivity contribution in [2.24, 2.45) is 16.3 Å². The lowest BCUT2D eigenvalue weighted by Gasteiger charge is -2.55. The number of fused-ring (bicyclic) bond motifs is 1. The summed E-state index contributed by atoms with van der Waals surface area (Å²) in [5.41, 5.74) is 1.08. The maximum Gasteiger partial charge on any atom is 0.191 e. The van der Waals surface area contributed by atoms with Gasteiger partial charge in [-0.3, -0.25) is 4.99 Å². The van der Waals surface area contributed by atoms with E-state index in [1.807, 2.05) is 6.07 Å². The Balaban J connectivity index is 0.00000240. The molecule has 2 heterocycles. The Morgan fingerprint density at radius 1 is 1.31 bits per heavy atom. The summed E-state index contributed by atoms with van der Waals surface area (Å²) in [7, 11) is 0. The quantitative estimate of drug-likeness (QED) is 0.364. The Bertz CT molecular complexity index is 729. The number of nitrogens with zero attached hydrogens (tertiary/aromatic N) is 2. The lowest BCUT2D eigenvalue weighted by molar-refractivity contribution is -0.106. The lowest BCUT2D eigenvalue weighted by Crippen LogP contribution is -2.68. The molecule has 1 aliphatic carbocycles. The van der Waals surface area contributed by atoms with E-state index >= 15 is 0 Å². The van der Waals surface area contributed by atoms with Gasteiger partial charge in [-0.15, -0.1) is 24.0 Å². The third-order valence-electron chi connectivity index (χ3n) is 6.64. The predicted octanol–water partition coefficient (Wildman–Crippen LogP) is 3.78. The molecule has 4 unspecified atom stereocenters. The van der Waals surface area contributed by atoms with Gasteiger partial charge in [0.1, 0.15) is 5.82 Å². The van der Waals surface area contributed by atoms with Gasteiger partial charge in [0.25, 0.3) is 0 Å². The van der Waals surface area contributed by atoms with Crippen molar-refractivity contribution in [3.05, 3.63) is 30.1 Å². The highest BCUT2D eigenvalue weighted by atomic mass is 127. The van der Waals surface area contributed by atoms with Crippen LogP contribution >= 0.6 is 24.0 Å². The van der Waals surface area contributed by atoms with Crippen LogP contribution in [-0.2, 0) is 4.74 Å². The third-order valence-corrected chi connectivity index (χ3v) is 6.64. The van der Waals surface area contributed by atoms with Crippen molar-refractivity contribution in [2.45, 2.75) is 58.2 Å². The number of halogens is 2. The molecule has 0 amide bonds. The molecule has 3 fully saturated rings. The van der Waals surface area contributed by atoms with E-state index in [-0.39, 0.29) is 35.2 Å². The van der Waals surface area contributed by atoms with Crippen LogP contribution < -0.4 is 15.5 Å². The molecule has 162 valence electrons. The van der Waals surface area contributed by atoms with Crippen molar-refractivity contribution >= 4 is 35.6 Å². The number of hydrogen-bond donors (Lipinski definition) is 2. The molecule has 7 heteroatoms. The molecular formula is C22H34FIN4O. The van der Waals surface area contributed by atoms with Crippen molar-refractivity contribution in [1.29, 1.82) is 0 Å². The Labute approximate surface area is 190 Å². The van der Waals surface area contributed by atoms with Gasteiger partial charge in [-0.2, -0.15) is 0 Å². The Kier molecular flexibility index (Phi) is 7.30. The number of benzene rings is 1. The zero-order valence-corrected chi connectivity index (χ0v) is 20.0. The van der Waals surface area contributed by atoms with E-state index in [2.05, 4.69) is 36.3 Å². The van der Waals surface area contributed by atoms with Gasteiger partial charge in [0, 0.05) is 55.3 Å². The molecule has 0 radical (unpaired) electrons. The van der Waals surface area contributed by atoms with Crippen molar-refractivity contribution in [2.75, 3.05) is 31.1 Å². The van der Waals surface area contributed by atoms with Crippen LogP contribution in [0.25, 0.3) is 0 Å². The molecule has 0 spiro atoms. The monoisotopic (exact) mass is 516 g/mol. The topological polar surface area (TPSA) is 48.9 Å². The third kappa shape index (κ3) is 4.65. The lowest BCUT2D eigenvalue weighted by atomic mass is 9.57. The number of nitrogens with one attached hydrogen (secondary N) is 2. The molecule has 2 N–H and O–H groups in total. The Hall–Kier alpha value is -1.09. The first-order valence-electron chi connectivity index (χ1n) is 10.7. The van der Waals surface area contributed by atoms with E-state index < -0.39 is 0 Å². The van der Waals surface area contributed by atoms with Gasteiger partial charge in [-0.25, -0.2) is 4.39 Å².